The van der Waals surface area contributed by atoms with Gasteiger partial charge < -0.3 is 4.18 Å². The minimum atomic E-state index is -3.89. The molecule has 0 heterocycles. The van der Waals surface area contributed by atoms with Crippen LogP contribution in [0, 0.1) is 10.5 Å². The molecule has 0 aromatic heterocycles. The summed E-state index contributed by atoms with van der Waals surface area (Å²) in [4.78, 5) is 0.122. The van der Waals surface area contributed by atoms with Crippen molar-refractivity contribution in [3.8, 4) is 5.75 Å². The Hall–Kier alpha value is -1.31. The Morgan fingerprint density at radius 1 is 0.957 bits per heavy atom. The summed E-state index contributed by atoms with van der Waals surface area (Å²) in [5, 5.41) is 2.00. The third-order valence-corrected chi connectivity index (χ3v) is 6.29. The normalized spacial score (nSPS) is 11.6. The molecular weight excluding hydrogens is 447 g/mol. The topological polar surface area (TPSA) is 43.4 Å². The molecule has 3 aromatic carbocycles. The predicted molar refractivity (Wildman–Crippen MR) is 101 cm³/mol. The van der Waals surface area contributed by atoms with Crippen molar-refractivity contribution in [1.82, 2.24) is 0 Å². The fourth-order valence-corrected chi connectivity index (χ4v) is 3.86. The van der Waals surface area contributed by atoms with Gasteiger partial charge in [0.05, 0.1) is 5.02 Å². The van der Waals surface area contributed by atoms with Crippen molar-refractivity contribution in [2.24, 2.45) is 0 Å². The second kappa shape index (κ2) is 6.30. The van der Waals surface area contributed by atoms with E-state index in [1.807, 2.05) is 25.1 Å². The lowest BCUT2D eigenvalue weighted by molar-refractivity contribution is 0.488. The van der Waals surface area contributed by atoms with Crippen LogP contribution in [-0.4, -0.2) is 8.42 Å². The monoisotopic (exact) mass is 458 g/mol. The predicted octanol–water partition coefficient (Wildman–Crippen LogP) is 5.17. The number of rotatable bonds is 3. The lowest BCUT2D eigenvalue weighted by atomic mass is 10.1. The highest BCUT2D eigenvalue weighted by molar-refractivity contribution is 14.1. The standard InChI is InChI=1S/C17H12ClIO3S/c1-11-5-7-12(8-6-11)23(20,21)22-16-4-2-3-14-13(16)9-10-15(19)17(14)18/h2-10H,1H3. The minimum absolute atomic E-state index is 0.122. The summed E-state index contributed by atoms with van der Waals surface area (Å²) in [6.07, 6.45) is 0. The third kappa shape index (κ3) is 3.32. The van der Waals surface area contributed by atoms with Gasteiger partial charge in [-0.1, -0.05) is 41.4 Å². The van der Waals surface area contributed by atoms with Gasteiger partial charge >= 0.3 is 10.1 Å². The van der Waals surface area contributed by atoms with Crippen molar-refractivity contribution in [3.63, 3.8) is 0 Å². The first kappa shape index (κ1) is 16.5. The highest BCUT2D eigenvalue weighted by Crippen LogP contribution is 2.34. The lowest BCUT2D eigenvalue weighted by Gasteiger charge is -2.11. The molecule has 3 rings (SSSR count). The summed E-state index contributed by atoms with van der Waals surface area (Å²) in [7, 11) is -3.89. The number of fused-ring (bicyclic) bond motifs is 1. The molecule has 0 amide bonds. The molecule has 0 aliphatic rings. The smallest absolute Gasteiger partial charge is 0.339 e. The van der Waals surface area contributed by atoms with Gasteiger partial charge in [-0.2, -0.15) is 8.42 Å². The van der Waals surface area contributed by atoms with E-state index in [-0.39, 0.29) is 10.6 Å². The van der Waals surface area contributed by atoms with Gasteiger partial charge in [0.25, 0.3) is 0 Å². The second-order valence-electron chi connectivity index (χ2n) is 5.06. The maximum absolute atomic E-state index is 12.5. The molecule has 0 saturated heterocycles. The fraction of sp³-hybridized carbons (Fsp3) is 0.0588. The first-order valence-corrected chi connectivity index (χ1v) is 9.63. The van der Waals surface area contributed by atoms with Crippen molar-refractivity contribution in [1.29, 1.82) is 0 Å². The Balaban J connectivity index is 2.08. The van der Waals surface area contributed by atoms with Gasteiger partial charge in [0.2, 0.25) is 0 Å². The summed E-state index contributed by atoms with van der Waals surface area (Å²) in [6, 6.07) is 15.4. The van der Waals surface area contributed by atoms with Crippen molar-refractivity contribution in [3.05, 3.63) is 68.8 Å². The number of benzene rings is 3. The summed E-state index contributed by atoms with van der Waals surface area (Å²) >= 11 is 8.42. The maximum atomic E-state index is 12.5. The largest absolute Gasteiger partial charge is 0.378 e. The molecule has 0 unspecified atom stereocenters. The zero-order valence-corrected chi connectivity index (χ0v) is 15.8. The number of hydrogen-bond donors (Lipinski definition) is 0. The molecule has 0 aliphatic carbocycles. The summed E-state index contributed by atoms with van der Waals surface area (Å²) in [5.41, 5.74) is 0.982. The molecule has 23 heavy (non-hydrogen) atoms. The van der Waals surface area contributed by atoms with Crippen LogP contribution in [0.25, 0.3) is 10.8 Å². The molecule has 3 nitrogen and oxygen atoms in total. The van der Waals surface area contributed by atoms with Gasteiger partial charge in [0.15, 0.2) is 5.75 Å². The first-order chi connectivity index (χ1) is 10.9. The first-order valence-electron chi connectivity index (χ1n) is 6.76. The van der Waals surface area contributed by atoms with E-state index >= 15 is 0 Å². The van der Waals surface area contributed by atoms with Crippen molar-refractivity contribution < 1.29 is 12.6 Å². The van der Waals surface area contributed by atoms with Crippen LogP contribution in [0.3, 0.4) is 0 Å². The van der Waals surface area contributed by atoms with Crippen LogP contribution in [0.4, 0.5) is 0 Å². The Labute approximate surface area is 153 Å². The molecule has 6 heteroatoms. The number of aryl methyl sites for hydroxylation is 1. The second-order valence-corrected chi connectivity index (χ2v) is 8.15. The van der Waals surface area contributed by atoms with E-state index in [1.165, 1.54) is 12.1 Å². The highest BCUT2D eigenvalue weighted by Gasteiger charge is 2.18. The van der Waals surface area contributed by atoms with E-state index in [9.17, 15) is 8.42 Å². The molecule has 3 aromatic rings. The van der Waals surface area contributed by atoms with Crippen LogP contribution in [0.2, 0.25) is 5.02 Å². The van der Waals surface area contributed by atoms with Crippen LogP contribution in [0.15, 0.2) is 59.5 Å². The molecule has 0 atom stereocenters. The Morgan fingerprint density at radius 2 is 1.65 bits per heavy atom. The zero-order valence-electron chi connectivity index (χ0n) is 12.1. The van der Waals surface area contributed by atoms with Gasteiger partial charge in [0, 0.05) is 14.3 Å². The van der Waals surface area contributed by atoms with Crippen LogP contribution < -0.4 is 4.18 Å². The summed E-state index contributed by atoms with van der Waals surface area (Å²) in [5.74, 6) is 0.265. The third-order valence-electron chi connectivity index (χ3n) is 3.42. The Morgan fingerprint density at radius 3 is 2.35 bits per heavy atom. The molecule has 0 fully saturated rings. The summed E-state index contributed by atoms with van der Waals surface area (Å²) < 4.78 is 31.1. The molecule has 0 spiro atoms. The van der Waals surface area contributed by atoms with Crippen LogP contribution in [0.5, 0.6) is 5.75 Å². The van der Waals surface area contributed by atoms with E-state index in [0.29, 0.717) is 10.4 Å². The zero-order chi connectivity index (χ0) is 16.6. The molecule has 0 saturated carbocycles. The van der Waals surface area contributed by atoms with E-state index in [2.05, 4.69) is 22.6 Å². The quantitative estimate of drug-likeness (QED) is 0.401. The van der Waals surface area contributed by atoms with E-state index in [4.69, 9.17) is 15.8 Å². The van der Waals surface area contributed by atoms with Crippen molar-refractivity contribution in [2.45, 2.75) is 11.8 Å². The molecule has 0 bridgehead atoms. The molecule has 0 N–H and O–H groups in total. The minimum Gasteiger partial charge on any atom is -0.378 e. The molecule has 118 valence electrons. The molecular formula is C17H12ClIO3S. The average molecular weight is 459 g/mol. The fourth-order valence-electron chi connectivity index (χ4n) is 2.21. The van der Waals surface area contributed by atoms with Crippen molar-refractivity contribution in [2.75, 3.05) is 0 Å². The molecule has 0 radical (unpaired) electrons. The van der Waals surface area contributed by atoms with Crippen LogP contribution in [0.1, 0.15) is 5.56 Å². The Kier molecular flexibility index (Phi) is 4.53. The van der Waals surface area contributed by atoms with Gasteiger partial charge in [0.1, 0.15) is 4.90 Å². The van der Waals surface area contributed by atoms with Gasteiger partial charge in [-0.15, -0.1) is 0 Å². The maximum Gasteiger partial charge on any atom is 0.339 e. The van der Waals surface area contributed by atoms with Gasteiger partial charge in [-0.3, -0.25) is 0 Å². The van der Waals surface area contributed by atoms with Crippen LogP contribution in [-0.2, 0) is 10.1 Å². The van der Waals surface area contributed by atoms with E-state index in [0.717, 1.165) is 14.5 Å². The van der Waals surface area contributed by atoms with E-state index in [1.54, 1.807) is 24.3 Å². The van der Waals surface area contributed by atoms with Crippen LogP contribution >= 0.6 is 34.2 Å². The highest BCUT2D eigenvalue weighted by atomic mass is 127. The lowest BCUT2D eigenvalue weighted by Crippen LogP contribution is -2.10. The average Bonchev–Trinajstić information content (AvgIpc) is 2.51. The number of hydrogen-bond acceptors (Lipinski definition) is 3. The van der Waals surface area contributed by atoms with E-state index < -0.39 is 10.1 Å². The van der Waals surface area contributed by atoms with Gasteiger partial charge in [-0.25, -0.2) is 0 Å². The van der Waals surface area contributed by atoms with Gasteiger partial charge in [-0.05, 0) is 59.8 Å². The Bertz CT molecular complexity index is 983. The summed E-state index contributed by atoms with van der Waals surface area (Å²) in [6.45, 7) is 1.89. The number of halogens is 2. The SMILES string of the molecule is Cc1ccc(S(=O)(=O)Oc2cccc3c(Cl)c(I)ccc23)cc1. The molecule has 0 aliphatic heterocycles. The van der Waals surface area contributed by atoms with Crippen molar-refractivity contribution >= 4 is 55.1 Å².